The van der Waals surface area contributed by atoms with Crippen LogP contribution in [0.5, 0.6) is 0 Å². The number of imidazole rings is 1. The maximum Gasteiger partial charge on any atom is 0.287 e. The summed E-state index contributed by atoms with van der Waals surface area (Å²) in [4.78, 5) is 24.3. The third-order valence-electron chi connectivity index (χ3n) is 5.21. The predicted octanol–water partition coefficient (Wildman–Crippen LogP) is 2.83. The van der Waals surface area contributed by atoms with Gasteiger partial charge in [0.25, 0.3) is 5.91 Å². The smallest absolute Gasteiger partial charge is 0.287 e. The van der Waals surface area contributed by atoms with E-state index in [-0.39, 0.29) is 18.3 Å². The molecule has 0 fully saturated rings. The number of nitrogens with zero attached hydrogens (tertiary/aromatic N) is 3. The first kappa shape index (κ1) is 19.0. The Morgan fingerprint density at radius 2 is 1.87 bits per heavy atom. The van der Waals surface area contributed by atoms with E-state index in [0.717, 1.165) is 33.2 Å². The molecular weight excluding hydrogens is 392 g/mol. The van der Waals surface area contributed by atoms with Gasteiger partial charge in [-0.25, -0.2) is 4.98 Å². The van der Waals surface area contributed by atoms with Crippen molar-refractivity contribution in [1.82, 2.24) is 30.5 Å². The second-order valence-electron chi connectivity index (χ2n) is 7.35. The largest absolute Gasteiger partial charge is 0.394 e. The van der Waals surface area contributed by atoms with Crippen LogP contribution in [0, 0.1) is 0 Å². The van der Waals surface area contributed by atoms with E-state index in [1.54, 1.807) is 12.4 Å². The summed E-state index contributed by atoms with van der Waals surface area (Å²) in [5.74, 6) is -0.157. The number of aromatic amines is 2. The maximum atomic E-state index is 12.8. The molecule has 5 rings (SSSR count). The zero-order valence-corrected chi connectivity index (χ0v) is 16.5. The second-order valence-corrected chi connectivity index (χ2v) is 7.35. The lowest BCUT2D eigenvalue weighted by Crippen LogP contribution is -2.39. The number of H-pyrrole nitrogens is 2. The number of amides is 1. The number of pyridine rings is 1. The van der Waals surface area contributed by atoms with Crippen molar-refractivity contribution in [3.8, 4) is 11.3 Å². The first-order chi connectivity index (χ1) is 15.2. The molecular formula is C23H20N6O2. The van der Waals surface area contributed by atoms with Crippen LogP contribution in [0.4, 0.5) is 0 Å². The Balaban J connectivity index is 1.42. The molecule has 4 N–H and O–H groups in total. The monoisotopic (exact) mass is 412 g/mol. The number of fused-ring (bicyclic) bond motifs is 2. The van der Waals surface area contributed by atoms with Crippen LogP contribution < -0.4 is 5.32 Å². The molecule has 0 radical (unpaired) electrons. The summed E-state index contributed by atoms with van der Waals surface area (Å²) in [5, 5.41) is 20.9. The molecule has 3 heterocycles. The number of hydrogen-bond donors (Lipinski definition) is 4. The van der Waals surface area contributed by atoms with Crippen molar-refractivity contribution in [2.75, 3.05) is 6.61 Å². The van der Waals surface area contributed by atoms with Gasteiger partial charge in [-0.05, 0) is 36.2 Å². The van der Waals surface area contributed by atoms with Crippen LogP contribution in [0.1, 0.15) is 16.2 Å². The average Bonchev–Trinajstić information content (AvgIpc) is 3.41. The molecule has 8 heteroatoms. The summed E-state index contributed by atoms with van der Waals surface area (Å²) in [5.41, 5.74) is 5.02. The molecule has 0 saturated heterocycles. The van der Waals surface area contributed by atoms with Gasteiger partial charge in [0.1, 0.15) is 5.69 Å². The fraction of sp³-hybridized carbons (Fsp3) is 0.130. The Hall–Kier alpha value is -4.04. The summed E-state index contributed by atoms with van der Waals surface area (Å²) in [6, 6.07) is 16.9. The van der Waals surface area contributed by atoms with Gasteiger partial charge in [-0.1, -0.05) is 30.3 Å². The van der Waals surface area contributed by atoms with Crippen LogP contribution in [0.3, 0.4) is 0 Å². The highest BCUT2D eigenvalue weighted by atomic mass is 16.3. The van der Waals surface area contributed by atoms with Crippen molar-refractivity contribution >= 4 is 27.8 Å². The predicted molar refractivity (Wildman–Crippen MR) is 117 cm³/mol. The van der Waals surface area contributed by atoms with E-state index in [0.29, 0.717) is 11.9 Å². The minimum atomic E-state index is -0.403. The van der Waals surface area contributed by atoms with Crippen LogP contribution in [-0.2, 0) is 6.42 Å². The fourth-order valence-corrected chi connectivity index (χ4v) is 3.67. The summed E-state index contributed by atoms with van der Waals surface area (Å²) in [6.07, 6.45) is 3.98. The number of rotatable bonds is 6. The zero-order chi connectivity index (χ0) is 21.2. The number of aromatic nitrogens is 5. The summed E-state index contributed by atoms with van der Waals surface area (Å²) in [7, 11) is 0. The van der Waals surface area contributed by atoms with E-state index >= 15 is 0 Å². The molecule has 1 atom stereocenters. The number of benzene rings is 2. The van der Waals surface area contributed by atoms with Crippen molar-refractivity contribution in [2.45, 2.75) is 12.5 Å². The third-order valence-corrected chi connectivity index (χ3v) is 5.21. The van der Waals surface area contributed by atoms with Gasteiger partial charge in [0.05, 0.1) is 29.2 Å². The van der Waals surface area contributed by atoms with E-state index < -0.39 is 6.04 Å². The zero-order valence-electron chi connectivity index (χ0n) is 16.5. The molecule has 2 aromatic carbocycles. The molecule has 0 saturated carbocycles. The quantitative estimate of drug-likeness (QED) is 0.342. The summed E-state index contributed by atoms with van der Waals surface area (Å²) < 4.78 is 0. The van der Waals surface area contributed by atoms with Gasteiger partial charge < -0.3 is 15.4 Å². The molecule has 31 heavy (non-hydrogen) atoms. The fourth-order valence-electron chi connectivity index (χ4n) is 3.67. The lowest BCUT2D eigenvalue weighted by molar-refractivity contribution is 0.0907. The van der Waals surface area contributed by atoms with Crippen molar-refractivity contribution < 1.29 is 9.90 Å². The van der Waals surface area contributed by atoms with Crippen molar-refractivity contribution in [2.24, 2.45) is 0 Å². The first-order valence-corrected chi connectivity index (χ1v) is 9.95. The first-order valence-electron chi connectivity index (χ1n) is 9.95. The third kappa shape index (κ3) is 3.76. The molecule has 0 bridgehead atoms. The SMILES string of the molecule is O=C(N[C@H](CO)Cc1ccccc1)c1nc2cc3c(-c4ccncc4)n[nH]c3cc2[nH]1. The van der Waals surface area contributed by atoms with E-state index in [1.807, 2.05) is 54.6 Å². The molecule has 0 spiro atoms. The molecule has 8 nitrogen and oxygen atoms in total. The minimum Gasteiger partial charge on any atom is -0.394 e. The van der Waals surface area contributed by atoms with Gasteiger partial charge in [-0.2, -0.15) is 5.10 Å². The van der Waals surface area contributed by atoms with Crippen molar-refractivity contribution in [1.29, 1.82) is 0 Å². The highest BCUT2D eigenvalue weighted by Gasteiger charge is 2.18. The highest BCUT2D eigenvalue weighted by molar-refractivity contribution is 6.02. The lowest BCUT2D eigenvalue weighted by Gasteiger charge is -2.15. The second kappa shape index (κ2) is 8.00. The van der Waals surface area contributed by atoms with E-state index in [2.05, 4.69) is 30.5 Å². The Morgan fingerprint density at radius 1 is 1.06 bits per heavy atom. The molecule has 0 aliphatic rings. The maximum absolute atomic E-state index is 12.8. The van der Waals surface area contributed by atoms with Gasteiger partial charge in [-0.15, -0.1) is 0 Å². The van der Waals surface area contributed by atoms with Gasteiger partial charge >= 0.3 is 0 Å². The number of aliphatic hydroxyl groups is 1. The van der Waals surface area contributed by atoms with Gasteiger partial charge in [0, 0.05) is 23.3 Å². The topological polar surface area (TPSA) is 120 Å². The molecule has 1 amide bonds. The number of aliphatic hydroxyl groups excluding tert-OH is 1. The van der Waals surface area contributed by atoms with Crippen LogP contribution >= 0.6 is 0 Å². The summed E-state index contributed by atoms with van der Waals surface area (Å²) in [6.45, 7) is -0.162. The average molecular weight is 412 g/mol. The van der Waals surface area contributed by atoms with Crippen molar-refractivity contribution in [3.05, 3.63) is 78.4 Å². The number of hydrogen-bond acceptors (Lipinski definition) is 5. The number of carbonyl (C=O) groups excluding carboxylic acids is 1. The molecule has 0 aliphatic carbocycles. The van der Waals surface area contributed by atoms with Crippen molar-refractivity contribution in [3.63, 3.8) is 0 Å². The summed E-state index contributed by atoms with van der Waals surface area (Å²) >= 11 is 0. The molecule has 0 aliphatic heterocycles. The van der Waals surface area contributed by atoms with Crippen LogP contribution in [0.15, 0.2) is 67.0 Å². The van der Waals surface area contributed by atoms with Gasteiger partial charge in [0.2, 0.25) is 0 Å². The van der Waals surface area contributed by atoms with Gasteiger partial charge in [-0.3, -0.25) is 14.9 Å². The van der Waals surface area contributed by atoms with E-state index in [9.17, 15) is 9.90 Å². The Bertz CT molecular complexity index is 1340. The molecule has 5 aromatic rings. The van der Waals surface area contributed by atoms with Crippen LogP contribution in [0.2, 0.25) is 0 Å². The Labute approximate surface area is 177 Å². The van der Waals surface area contributed by atoms with E-state index in [1.165, 1.54) is 0 Å². The lowest BCUT2D eigenvalue weighted by atomic mass is 10.1. The standard InChI is InChI=1S/C23H20N6O2/c30-13-16(10-14-4-2-1-3-5-14)25-23(31)22-26-19-11-17-18(12-20(19)27-22)28-29-21(17)15-6-8-24-9-7-15/h1-9,11-12,16,30H,10,13H2,(H,25,31)(H,26,27)(H,28,29)/t16-/m0/s1. The Kier molecular flexibility index (Phi) is 4.89. The number of nitrogens with one attached hydrogen (secondary N) is 3. The minimum absolute atomic E-state index is 0.162. The van der Waals surface area contributed by atoms with Gasteiger partial charge in [0.15, 0.2) is 5.82 Å². The van der Waals surface area contributed by atoms with E-state index in [4.69, 9.17) is 0 Å². The Morgan fingerprint density at radius 3 is 2.65 bits per heavy atom. The van der Waals surface area contributed by atoms with Crippen LogP contribution in [-0.4, -0.2) is 48.8 Å². The highest BCUT2D eigenvalue weighted by Crippen LogP contribution is 2.28. The molecule has 0 unspecified atom stereocenters. The molecule has 3 aromatic heterocycles. The molecule has 154 valence electrons. The normalized spacial score (nSPS) is 12.3. The van der Waals surface area contributed by atoms with Crippen LogP contribution in [0.25, 0.3) is 33.2 Å². The number of carbonyl (C=O) groups is 1.